The minimum Gasteiger partial charge on any atom is -0.480 e. The average molecular weight is 328 g/mol. The summed E-state index contributed by atoms with van der Waals surface area (Å²) >= 11 is 7.52. The topological polar surface area (TPSA) is 57.6 Å². The van der Waals surface area contributed by atoms with Gasteiger partial charge in [0.05, 0.1) is 5.37 Å². The van der Waals surface area contributed by atoms with Crippen LogP contribution in [0, 0.1) is 12.8 Å². The molecular weight excluding hydrogens is 310 g/mol. The molecule has 1 amide bonds. The molecule has 1 saturated heterocycles. The van der Waals surface area contributed by atoms with Gasteiger partial charge in [0.1, 0.15) is 6.04 Å². The molecule has 0 bridgehead atoms. The second kappa shape index (κ2) is 6.28. The van der Waals surface area contributed by atoms with Gasteiger partial charge >= 0.3 is 5.97 Å². The Morgan fingerprint density at radius 1 is 1.38 bits per heavy atom. The van der Waals surface area contributed by atoms with E-state index in [0.29, 0.717) is 16.3 Å². The third kappa shape index (κ3) is 3.35. The summed E-state index contributed by atoms with van der Waals surface area (Å²) in [6, 6.07) is 4.32. The number of aryl methyl sites for hydroxylation is 1. The molecule has 0 saturated carbocycles. The summed E-state index contributed by atoms with van der Waals surface area (Å²) in [6.07, 6.45) is 0. The first kappa shape index (κ1) is 16.2. The largest absolute Gasteiger partial charge is 0.480 e. The van der Waals surface area contributed by atoms with E-state index in [-0.39, 0.29) is 17.2 Å². The number of hydrogen-bond donors (Lipinski definition) is 1. The van der Waals surface area contributed by atoms with Crippen molar-refractivity contribution in [2.45, 2.75) is 32.2 Å². The van der Waals surface area contributed by atoms with Gasteiger partial charge in [-0.05, 0) is 36.6 Å². The molecule has 0 aliphatic carbocycles. The summed E-state index contributed by atoms with van der Waals surface area (Å²) in [5.74, 6) is -0.623. The van der Waals surface area contributed by atoms with Crippen LogP contribution in [-0.4, -0.2) is 39.1 Å². The van der Waals surface area contributed by atoms with Gasteiger partial charge in [-0.1, -0.05) is 25.4 Å². The van der Waals surface area contributed by atoms with E-state index < -0.39 is 12.0 Å². The summed E-state index contributed by atoms with van der Waals surface area (Å²) in [5.41, 5.74) is 1.32. The highest BCUT2D eigenvalue weighted by atomic mass is 35.5. The Kier molecular flexibility index (Phi) is 4.84. The molecule has 1 aromatic rings. The predicted octanol–water partition coefficient (Wildman–Crippen LogP) is 3.27. The monoisotopic (exact) mass is 327 g/mol. The first-order valence-electron chi connectivity index (χ1n) is 6.75. The fourth-order valence-electron chi connectivity index (χ4n) is 2.50. The van der Waals surface area contributed by atoms with Gasteiger partial charge in [-0.25, -0.2) is 4.79 Å². The highest BCUT2D eigenvalue weighted by molar-refractivity contribution is 8.00. The van der Waals surface area contributed by atoms with Crippen LogP contribution >= 0.6 is 23.4 Å². The molecule has 0 radical (unpaired) electrons. The van der Waals surface area contributed by atoms with Crippen molar-refractivity contribution in [2.24, 2.45) is 5.92 Å². The molecule has 4 nitrogen and oxygen atoms in total. The van der Waals surface area contributed by atoms with E-state index in [4.69, 9.17) is 11.6 Å². The maximum atomic E-state index is 12.8. The van der Waals surface area contributed by atoms with Crippen molar-refractivity contribution >= 4 is 35.2 Å². The van der Waals surface area contributed by atoms with Crippen LogP contribution in [0.3, 0.4) is 0 Å². The molecular formula is C15H18ClNO3S. The fourth-order valence-corrected chi connectivity index (χ4v) is 4.26. The molecule has 6 heteroatoms. The van der Waals surface area contributed by atoms with Gasteiger partial charge in [-0.15, -0.1) is 11.8 Å². The summed E-state index contributed by atoms with van der Waals surface area (Å²) in [4.78, 5) is 25.7. The normalized spacial score (nSPS) is 21.9. The number of carbonyl (C=O) groups is 2. The van der Waals surface area contributed by atoms with Crippen molar-refractivity contribution in [2.75, 3.05) is 5.75 Å². The average Bonchev–Trinajstić information content (AvgIpc) is 2.81. The zero-order chi connectivity index (χ0) is 15.7. The van der Waals surface area contributed by atoms with Gasteiger partial charge in [0.2, 0.25) is 0 Å². The summed E-state index contributed by atoms with van der Waals surface area (Å²) in [5, 5.41) is 9.71. The third-order valence-electron chi connectivity index (χ3n) is 3.41. The lowest BCUT2D eigenvalue weighted by Crippen LogP contribution is -2.47. The number of thioether (sulfide) groups is 1. The number of nitrogens with zero attached hydrogens (tertiary/aromatic N) is 1. The maximum Gasteiger partial charge on any atom is 0.327 e. The van der Waals surface area contributed by atoms with Gasteiger partial charge in [-0.2, -0.15) is 0 Å². The second-order valence-corrected chi connectivity index (χ2v) is 7.14. The molecule has 21 heavy (non-hydrogen) atoms. The number of carboxylic acids is 1. The number of hydrogen-bond acceptors (Lipinski definition) is 3. The molecule has 2 rings (SSSR count). The highest BCUT2D eigenvalue weighted by Crippen LogP contribution is 2.35. The van der Waals surface area contributed by atoms with E-state index in [1.807, 2.05) is 20.8 Å². The third-order valence-corrected chi connectivity index (χ3v) is 5.25. The number of halogens is 1. The van der Waals surface area contributed by atoms with Crippen LogP contribution in [0.25, 0.3) is 0 Å². The van der Waals surface area contributed by atoms with Crippen molar-refractivity contribution in [1.29, 1.82) is 0 Å². The van der Waals surface area contributed by atoms with Crippen molar-refractivity contribution in [3.63, 3.8) is 0 Å². The van der Waals surface area contributed by atoms with Crippen LogP contribution in [0.1, 0.15) is 29.8 Å². The summed E-state index contributed by atoms with van der Waals surface area (Å²) in [6.45, 7) is 5.84. The van der Waals surface area contributed by atoms with Crippen molar-refractivity contribution in [3.8, 4) is 0 Å². The number of carbonyl (C=O) groups excluding carboxylic acids is 1. The van der Waals surface area contributed by atoms with Crippen molar-refractivity contribution in [1.82, 2.24) is 4.90 Å². The van der Waals surface area contributed by atoms with Crippen LogP contribution < -0.4 is 0 Å². The molecule has 2 atom stereocenters. The molecule has 0 spiro atoms. The number of aliphatic carboxylic acids is 1. The van der Waals surface area contributed by atoms with Gasteiger partial charge in [-0.3, -0.25) is 4.79 Å². The van der Waals surface area contributed by atoms with Crippen molar-refractivity contribution < 1.29 is 14.7 Å². The summed E-state index contributed by atoms with van der Waals surface area (Å²) in [7, 11) is 0. The Morgan fingerprint density at radius 3 is 2.57 bits per heavy atom. The Labute approximate surface area is 133 Å². The molecule has 1 N–H and O–H groups in total. The Bertz CT molecular complexity index is 556. The number of amides is 1. The summed E-state index contributed by atoms with van der Waals surface area (Å²) < 4.78 is 0. The number of carboxylic acid groups (broad SMARTS) is 1. The lowest BCUT2D eigenvalue weighted by atomic mass is 10.1. The molecule has 114 valence electrons. The minimum absolute atomic E-state index is 0.127. The van der Waals surface area contributed by atoms with Crippen LogP contribution in [0.5, 0.6) is 0 Å². The Morgan fingerprint density at radius 2 is 2.05 bits per heavy atom. The fraction of sp³-hybridized carbons (Fsp3) is 0.467. The molecule has 1 heterocycles. The van der Waals surface area contributed by atoms with Crippen LogP contribution in [-0.2, 0) is 4.79 Å². The zero-order valence-corrected chi connectivity index (χ0v) is 13.7. The van der Waals surface area contributed by atoms with Gasteiger partial charge in [0.15, 0.2) is 0 Å². The SMILES string of the molecule is Cc1cc(Cl)cc(C(=O)N2C(C(=O)O)CSC2C(C)C)c1. The Hall–Kier alpha value is -1.20. The van der Waals surface area contributed by atoms with Crippen LogP contribution in [0.2, 0.25) is 5.02 Å². The van der Waals surface area contributed by atoms with Crippen LogP contribution in [0.15, 0.2) is 18.2 Å². The molecule has 0 aromatic heterocycles. The van der Waals surface area contributed by atoms with Crippen LogP contribution in [0.4, 0.5) is 0 Å². The molecule has 1 aliphatic heterocycles. The maximum absolute atomic E-state index is 12.8. The highest BCUT2D eigenvalue weighted by Gasteiger charge is 2.43. The van der Waals surface area contributed by atoms with E-state index in [0.717, 1.165) is 5.56 Å². The standard InChI is InChI=1S/C15H18ClNO3S/c1-8(2)14-17(12(7-21-14)15(19)20)13(18)10-4-9(3)5-11(16)6-10/h4-6,8,12,14H,7H2,1-3H3,(H,19,20). The van der Waals surface area contributed by atoms with Gasteiger partial charge < -0.3 is 10.0 Å². The lowest BCUT2D eigenvalue weighted by molar-refractivity contribution is -0.141. The van der Waals surface area contributed by atoms with E-state index in [2.05, 4.69) is 0 Å². The first-order valence-corrected chi connectivity index (χ1v) is 8.18. The quantitative estimate of drug-likeness (QED) is 0.925. The Balaban J connectivity index is 2.38. The molecule has 1 aliphatic rings. The smallest absolute Gasteiger partial charge is 0.327 e. The minimum atomic E-state index is -0.960. The second-order valence-electron chi connectivity index (χ2n) is 5.55. The first-order chi connectivity index (χ1) is 9.81. The zero-order valence-electron chi connectivity index (χ0n) is 12.2. The lowest BCUT2D eigenvalue weighted by Gasteiger charge is -2.30. The molecule has 1 fully saturated rings. The van der Waals surface area contributed by atoms with E-state index in [9.17, 15) is 14.7 Å². The predicted molar refractivity (Wildman–Crippen MR) is 84.9 cm³/mol. The molecule has 1 aromatic carbocycles. The van der Waals surface area contributed by atoms with Gasteiger partial charge in [0.25, 0.3) is 5.91 Å². The number of rotatable bonds is 3. The van der Waals surface area contributed by atoms with E-state index >= 15 is 0 Å². The number of benzene rings is 1. The van der Waals surface area contributed by atoms with E-state index in [1.54, 1.807) is 18.2 Å². The van der Waals surface area contributed by atoms with E-state index in [1.165, 1.54) is 16.7 Å². The van der Waals surface area contributed by atoms with Crippen molar-refractivity contribution in [3.05, 3.63) is 34.3 Å². The van der Waals surface area contributed by atoms with Gasteiger partial charge in [0, 0.05) is 16.3 Å². The molecule has 2 unspecified atom stereocenters.